The monoisotopic (exact) mass is 175 g/mol. The van der Waals surface area contributed by atoms with Crippen molar-refractivity contribution in [3.8, 4) is 0 Å². The molecule has 0 saturated heterocycles. The van der Waals surface area contributed by atoms with Gasteiger partial charge in [0.05, 0.1) is 17.4 Å². The van der Waals surface area contributed by atoms with Crippen molar-refractivity contribution < 1.29 is 0 Å². The van der Waals surface area contributed by atoms with Gasteiger partial charge in [0.25, 0.3) is 0 Å². The van der Waals surface area contributed by atoms with Gasteiger partial charge >= 0.3 is 0 Å². The van der Waals surface area contributed by atoms with E-state index >= 15 is 0 Å². The lowest BCUT2D eigenvalue weighted by Gasteiger charge is -1.94. The number of nitrogens with one attached hydrogen (secondary N) is 1. The van der Waals surface area contributed by atoms with Crippen molar-refractivity contribution in [2.24, 2.45) is 0 Å². The van der Waals surface area contributed by atoms with E-state index in [0.29, 0.717) is 0 Å². The van der Waals surface area contributed by atoms with Gasteiger partial charge in [-0.3, -0.25) is 0 Å². The molecule has 0 aliphatic heterocycles. The number of hydrogen-bond donors (Lipinski definition) is 2. The number of aryl methyl sites for hydroxylation is 1. The first-order valence-corrected chi connectivity index (χ1v) is 4.34. The lowest BCUT2D eigenvalue weighted by atomic mass is 10.3. The third-order valence-electron chi connectivity index (χ3n) is 1.14. The molecular formula is C5H9N3S2. The summed E-state index contributed by atoms with van der Waals surface area (Å²) in [5.41, 5.74) is 1.02. The second-order valence-electron chi connectivity index (χ2n) is 1.78. The number of hydrogen-bond acceptors (Lipinski definition) is 5. The summed E-state index contributed by atoms with van der Waals surface area (Å²) >= 11 is 5.34. The zero-order valence-corrected chi connectivity index (χ0v) is 7.38. The van der Waals surface area contributed by atoms with Crippen LogP contribution in [0.1, 0.15) is 5.69 Å². The maximum absolute atomic E-state index is 4.10. The first-order chi connectivity index (χ1) is 4.88. The lowest BCUT2D eigenvalue weighted by Crippen LogP contribution is -1.95. The Morgan fingerprint density at radius 2 is 2.40 bits per heavy atom. The van der Waals surface area contributed by atoms with Crippen LogP contribution in [0, 0.1) is 0 Å². The highest BCUT2D eigenvalue weighted by Gasteiger charge is 2.03. The molecule has 1 aromatic rings. The topological polar surface area (TPSA) is 37.8 Å². The van der Waals surface area contributed by atoms with Crippen LogP contribution in [0.5, 0.6) is 0 Å². The number of aromatic nitrogens is 2. The van der Waals surface area contributed by atoms with Crippen LogP contribution in [0.2, 0.25) is 0 Å². The number of thiol groups is 1. The van der Waals surface area contributed by atoms with Crippen molar-refractivity contribution in [2.75, 3.05) is 18.1 Å². The number of anilines is 1. The van der Waals surface area contributed by atoms with Gasteiger partial charge in [0, 0.05) is 13.5 Å². The van der Waals surface area contributed by atoms with Gasteiger partial charge < -0.3 is 5.32 Å². The number of nitrogens with zero attached hydrogens (tertiary/aromatic N) is 2. The maximum atomic E-state index is 4.10. The fraction of sp³-hybridized carbons (Fsp3) is 0.600. The summed E-state index contributed by atoms with van der Waals surface area (Å²) in [6.45, 7) is 0. The molecule has 1 heterocycles. The Morgan fingerprint density at radius 3 is 3.00 bits per heavy atom. The summed E-state index contributed by atoms with van der Waals surface area (Å²) in [5.74, 6) is 1.71. The highest BCUT2D eigenvalue weighted by atomic mass is 32.1. The summed E-state index contributed by atoms with van der Waals surface area (Å²) in [4.78, 5) is 0. The van der Waals surface area contributed by atoms with Crippen molar-refractivity contribution in [3.05, 3.63) is 5.69 Å². The molecule has 0 fully saturated rings. The maximum Gasteiger partial charge on any atom is 0.163 e. The standard InChI is InChI=1S/C5H9N3S2/c1-6-5-4(2-3-9)7-10-8-5/h9H,2-3H2,1H3,(H,6,8). The van der Waals surface area contributed by atoms with Crippen LogP contribution >= 0.6 is 24.4 Å². The van der Waals surface area contributed by atoms with E-state index in [-0.39, 0.29) is 0 Å². The molecule has 1 rings (SSSR count). The Labute approximate surface area is 69.6 Å². The zero-order chi connectivity index (χ0) is 7.40. The van der Waals surface area contributed by atoms with Crippen molar-refractivity contribution in [2.45, 2.75) is 6.42 Å². The molecule has 0 spiro atoms. The van der Waals surface area contributed by atoms with Gasteiger partial charge in [-0.1, -0.05) is 0 Å². The molecule has 10 heavy (non-hydrogen) atoms. The summed E-state index contributed by atoms with van der Waals surface area (Å²) in [6, 6.07) is 0. The largest absolute Gasteiger partial charge is 0.371 e. The first-order valence-electron chi connectivity index (χ1n) is 2.98. The van der Waals surface area contributed by atoms with Crippen molar-refractivity contribution in [3.63, 3.8) is 0 Å². The minimum absolute atomic E-state index is 0.820. The van der Waals surface area contributed by atoms with Gasteiger partial charge in [-0.25, -0.2) is 0 Å². The molecule has 0 unspecified atom stereocenters. The van der Waals surface area contributed by atoms with E-state index in [1.165, 1.54) is 11.7 Å². The predicted octanol–water partition coefficient (Wildman–Crippen LogP) is 1.05. The minimum atomic E-state index is 0.820. The third kappa shape index (κ3) is 1.60. The molecule has 5 heteroatoms. The average molecular weight is 175 g/mol. The van der Waals surface area contributed by atoms with E-state index < -0.39 is 0 Å². The van der Waals surface area contributed by atoms with Gasteiger partial charge in [0.1, 0.15) is 0 Å². The smallest absolute Gasteiger partial charge is 0.163 e. The third-order valence-corrected chi connectivity index (χ3v) is 1.93. The highest BCUT2D eigenvalue weighted by Crippen LogP contribution is 2.11. The van der Waals surface area contributed by atoms with Crippen LogP contribution in [0.15, 0.2) is 0 Å². The average Bonchev–Trinajstić information content (AvgIpc) is 2.36. The fourth-order valence-corrected chi connectivity index (χ4v) is 1.47. The normalized spacial score (nSPS) is 9.80. The second kappa shape index (κ2) is 3.78. The Hall–Kier alpha value is -0.290. The highest BCUT2D eigenvalue weighted by molar-refractivity contribution is 7.80. The van der Waals surface area contributed by atoms with Crippen molar-refractivity contribution in [1.29, 1.82) is 0 Å². The molecule has 0 bridgehead atoms. The SMILES string of the molecule is CNc1nsnc1CCS. The zero-order valence-electron chi connectivity index (χ0n) is 5.66. The van der Waals surface area contributed by atoms with Crippen LogP contribution in [0.4, 0.5) is 5.82 Å². The second-order valence-corrected chi connectivity index (χ2v) is 2.76. The summed E-state index contributed by atoms with van der Waals surface area (Å²) in [7, 11) is 1.85. The molecule has 56 valence electrons. The van der Waals surface area contributed by atoms with Crippen molar-refractivity contribution >= 4 is 30.2 Å². The van der Waals surface area contributed by atoms with Crippen molar-refractivity contribution in [1.82, 2.24) is 8.75 Å². The molecule has 3 nitrogen and oxygen atoms in total. The molecule has 0 aromatic carbocycles. The Bertz CT molecular complexity index is 199. The van der Waals surface area contributed by atoms with E-state index in [1.807, 2.05) is 7.05 Å². The summed E-state index contributed by atoms with van der Waals surface area (Å²) in [5, 5.41) is 2.96. The molecule has 1 N–H and O–H groups in total. The van der Waals surface area contributed by atoms with Crippen LogP contribution in [0.25, 0.3) is 0 Å². The molecule has 1 aromatic heterocycles. The fourth-order valence-electron chi connectivity index (χ4n) is 0.666. The van der Waals surface area contributed by atoms with Crippen LogP contribution in [-0.4, -0.2) is 21.5 Å². The summed E-state index contributed by atoms with van der Waals surface area (Å²) in [6.07, 6.45) is 0.885. The van der Waals surface area contributed by atoms with E-state index in [9.17, 15) is 0 Å². The number of rotatable bonds is 3. The molecule has 0 aliphatic rings. The van der Waals surface area contributed by atoms with Gasteiger partial charge in [-0.05, 0) is 5.75 Å². The van der Waals surface area contributed by atoms with Gasteiger partial charge in [0.15, 0.2) is 5.82 Å². The Morgan fingerprint density at radius 1 is 1.60 bits per heavy atom. The summed E-state index contributed by atoms with van der Waals surface area (Å²) < 4.78 is 8.13. The van der Waals surface area contributed by atoms with Gasteiger partial charge in [-0.2, -0.15) is 21.4 Å². The van der Waals surface area contributed by atoms with Crippen LogP contribution < -0.4 is 5.32 Å². The molecule has 0 amide bonds. The molecular weight excluding hydrogens is 166 g/mol. The molecule has 0 atom stereocenters. The van der Waals surface area contributed by atoms with Crippen LogP contribution in [0.3, 0.4) is 0 Å². The van der Waals surface area contributed by atoms with E-state index in [1.54, 1.807) is 0 Å². The molecule has 0 radical (unpaired) electrons. The molecule has 0 saturated carbocycles. The lowest BCUT2D eigenvalue weighted by molar-refractivity contribution is 1.10. The minimum Gasteiger partial charge on any atom is -0.371 e. The van der Waals surface area contributed by atoms with E-state index in [0.717, 1.165) is 23.7 Å². The van der Waals surface area contributed by atoms with Gasteiger partial charge in [-0.15, -0.1) is 0 Å². The quantitative estimate of drug-likeness (QED) is 0.674. The van der Waals surface area contributed by atoms with Crippen LogP contribution in [-0.2, 0) is 6.42 Å². The Balaban J connectivity index is 2.70. The van der Waals surface area contributed by atoms with E-state index in [4.69, 9.17) is 0 Å². The van der Waals surface area contributed by atoms with E-state index in [2.05, 4.69) is 26.7 Å². The molecule has 0 aliphatic carbocycles. The van der Waals surface area contributed by atoms with Gasteiger partial charge in [0.2, 0.25) is 0 Å². The first kappa shape index (κ1) is 7.81. The Kier molecular flexibility index (Phi) is 2.95. The predicted molar refractivity (Wildman–Crippen MR) is 47.0 cm³/mol.